The van der Waals surface area contributed by atoms with E-state index in [1.54, 1.807) is 10.5 Å². The van der Waals surface area contributed by atoms with Crippen LogP contribution in [0.1, 0.15) is 37.7 Å². The molecule has 0 radical (unpaired) electrons. The summed E-state index contributed by atoms with van der Waals surface area (Å²) in [5.41, 5.74) is 3.17. The van der Waals surface area contributed by atoms with Crippen LogP contribution in [0.2, 0.25) is 0 Å². The van der Waals surface area contributed by atoms with Crippen LogP contribution in [0.3, 0.4) is 0 Å². The molecule has 0 heterocycles. The summed E-state index contributed by atoms with van der Waals surface area (Å²) < 4.78 is 0. The Labute approximate surface area is 96.8 Å². The van der Waals surface area contributed by atoms with Crippen molar-refractivity contribution in [2.45, 2.75) is 32.1 Å². The lowest BCUT2D eigenvalue weighted by Crippen LogP contribution is -1.94. The van der Waals surface area contributed by atoms with E-state index in [1.807, 2.05) is 11.8 Å². The molecule has 0 saturated heterocycles. The Hall–Kier alpha value is -0.690. The van der Waals surface area contributed by atoms with E-state index in [-0.39, 0.29) is 0 Å². The highest BCUT2D eigenvalue weighted by molar-refractivity contribution is 8.02. The fourth-order valence-electron chi connectivity index (χ4n) is 2.46. The molecule has 1 heteroatoms. The quantitative estimate of drug-likeness (QED) is 0.715. The number of hydrogen-bond donors (Lipinski definition) is 0. The molecule has 0 nitrogen and oxygen atoms in total. The van der Waals surface area contributed by atoms with Crippen LogP contribution in [0.15, 0.2) is 40.8 Å². The lowest BCUT2D eigenvalue weighted by atomic mass is 9.99. The van der Waals surface area contributed by atoms with E-state index in [0.717, 1.165) is 0 Å². The molecule has 1 atom stereocenters. The lowest BCUT2D eigenvalue weighted by Gasteiger charge is -2.13. The molecule has 1 aromatic rings. The van der Waals surface area contributed by atoms with Gasteiger partial charge < -0.3 is 0 Å². The summed E-state index contributed by atoms with van der Waals surface area (Å²) >= 11 is 1.95. The summed E-state index contributed by atoms with van der Waals surface area (Å²) in [6, 6.07) is 10.9. The first-order chi connectivity index (χ1) is 7.36. The Morgan fingerprint density at radius 2 is 2.00 bits per heavy atom. The van der Waals surface area contributed by atoms with Crippen LogP contribution in [-0.4, -0.2) is 6.26 Å². The van der Waals surface area contributed by atoms with Crippen molar-refractivity contribution in [3.8, 4) is 0 Å². The number of benzene rings is 1. The van der Waals surface area contributed by atoms with Crippen LogP contribution in [0.4, 0.5) is 0 Å². The number of hydrogen-bond acceptors (Lipinski definition) is 1. The van der Waals surface area contributed by atoms with Gasteiger partial charge in [0.05, 0.1) is 0 Å². The van der Waals surface area contributed by atoms with Crippen LogP contribution < -0.4 is 0 Å². The first kappa shape index (κ1) is 10.8. The Kier molecular flexibility index (Phi) is 3.53. The Balaban J connectivity index is 2.29. The van der Waals surface area contributed by atoms with Crippen LogP contribution in [0.5, 0.6) is 0 Å². The number of thioether (sulfide) groups is 1. The van der Waals surface area contributed by atoms with Gasteiger partial charge in [-0.2, -0.15) is 0 Å². The van der Waals surface area contributed by atoms with Crippen molar-refractivity contribution in [3.05, 3.63) is 46.4 Å². The minimum Gasteiger partial charge on any atom is -0.133 e. The molecule has 1 aromatic carbocycles. The van der Waals surface area contributed by atoms with E-state index in [2.05, 4.69) is 43.5 Å². The van der Waals surface area contributed by atoms with Gasteiger partial charge in [-0.15, -0.1) is 11.8 Å². The van der Waals surface area contributed by atoms with Crippen molar-refractivity contribution in [3.63, 3.8) is 0 Å². The van der Waals surface area contributed by atoms with Gasteiger partial charge >= 0.3 is 0 Å². The van der Waals surface area contributed by atoms with Crippen LogP contribution in [-0.2, 0) is 0 Å². The molecule has 0 spiro atoms. The summed E-state index contributed by atoms with van der Waals surface area (Å²) in [5, 5.41) is 0. The topological polar surface area (TPSA) is 0 Å². The molecule has 1 aliphatic carbocycles. The average Bonchev–Trinajstić information content (AvgIpc) is 2.72. The van der Waals surface area contributed by atoms with Crippen molar-refractivity contribution >= 4 is 11.8 Å². The summed E-state index contributed by atoms with van der Waals surface area (Å²) in [6.45, 7) is 2.28. The molecule has 0 N–H and O–H groups in total. The zero-order valence-electron chi connectivity index (χ0n) is 9.49. The van der Waals surface area contributed by atoms with Crippen LogP contribution in [0, 0.1) is 0 Å². The summed E-state index contributed by atoms with van der Waals surface area (Å²) in [7, 11) is 0. The highest BCUT2D eigenvalue weighted by Crippen LogP contribution is 2.45. The zero-order valence-corrected chi connectivity index (χ0v) is 10.3. The van der Waals surface area contributed by atoms with Crippen LogP contribution in [0.25, 0.3) is 0 Å². The van der Waals surface area contributed by atoms with Gasteiger partial charge in [0, 0.05) is 5.92 Å². The third-order valence-corrected chi connectivity index (χ3v) is 4.26. The molecule has 80 valence electrons. The molecule has 1 unspecified atom stereocenters. The van der Waals surface area contributed by atoms with Gasteiger partial charge in [0.15, 0.2) is 0 Å². The minimum absolute atomic E-state index is 0.677. The number of allylic oxidation sites excluding steroid dienone is 2. The number of rotatable bonds is 3. The molecule has 0 aliphatic heterocycles. The lowest BCUT2D eigenvalue weighted by molar-refractivity contribution is 0.781. The Morgan fingerprint density at radius 3 is 2.60 bits per heavy atom. The largest absolute Gasteiger partial charge is 0.133 e. The van der Waals surface area contributed by atoms with Crippen LogP contribution >= 0.6 is 11.8 Å². The van der Waals surface area contributed by atoms with E-state index in [0.29, 0.717) is 5.92 Å². The molecule has 2 rings (SSSR count). The van der Waals surface area contributed by atoms with Crippen molar-refractivity contribution in [2.75, 3.05) is 6.26 Å². The maximum atomic E-state index is 2.28. The normalized spacial score (nSPS) is 21.1. The van der Waals surface area contributed by atoms with Crippen molar-refractivity contribution < 1.29 is 0 Å². The second kappa shape index (κ2) is 4.89. The van der Waals surface area contributed by atoms with Gasteiger partial charge in [-0.3, -0.25) is 0 Å². The minimum atomic E-state index is 0.677. The van der Waals surface area contributed by atoms with Gasteiger partial charge in [0.25, 0.3) is 0 Å². The van der Waals surface area contributed by atoms with Crippen molar-refractivity contribution in [1.29, 1.82) is 0 Å². The molecule has 0 bridgehead atoms. The van der Waals surface area contributed by atoms with Gasteiger partial charge in [-0.05, 0) is 36.0 Å². The highest BCUT2D eigenvalue weighted by Gasteiger charge is 2.24. The molecular weight excluding hydrogens is 200 g/mol. The zero-order chi connectivity index (χ0) is 10.7. The summed E-state index contributed by atoms with van der Waals surface area (Å²) in [6.07, 6.45) is 6.04. The highest BCUT2D eigenvalue weighted by atomic mass is 32.2. The van der Waals surface area contributed by atoms with Gasteiger partial charge in [0.1, 0.15) is 0 Å². The summed E-state index contributed by atoms with van der Waals surface area (Å²) in [4.78, 5) is 1.63. The fourth-order valence-corrected chi connectivity index (χ4v) is 3.53. The standard InChI is InChI=1S/C14H18S/c1-3-11-9-10-13(14(11)15-2)12-7-5-4-6-8-12/h4-8,13H,3,9-10H2,1-2H3. The molecule has 0 saturated carbocycles. The maximum absolute atomic E-state index is 2.28. The van der Waals surface area contributed by atoms with E-state index in [9.17, 15) is 0 Å². The van der Waals surface area contributed by atoms with Gasteiger partial charge in [0.2, 0.25) is 0 Å². The third-order valence-electron chi connectivity index (χ3n) is 3.25. The second-order valence-electron chi connectivity index (χ2n) is 4.03. The fraction of sp³-hybridized carbons (Fsp3) is 0.429. The van der Waals surface area contributed by atoms with E-state index in [1.165, 1.54) is 24.8 Å². The maximum Gasteiger partial charge on any atom is 0.0152 e. The molecule has 15 heavy (non-hydrogen) atoms. The molecule has 0 aromatic heterocycles. The van der Waals surface area contributed by atoms with Gasteiger partial charge in [-0.25, -0.2) is 0 Å². The SMILES string of the molecule is CCC1=C(SC)C(c2ccccc2)CC1. The third kappa shape index (κ3) is 2.12. The second-order valence-corrected chi connectivity index (χ2v) is 4.88. The predicted molar refractivity (Wildman–Crippen MR) is 69.2 cm³/mol. The van der Waals surface area contributed by atoms with Crippen molar-refractivity contribution in [2.24, 2.45) is 0 Å². The predicted octanol–water partition coefficient (Wildman–Crippen LogP) is 4.59. The summed E-state index contributed by atoms with van der Waals surface area (Å²) in [5.74, 6) is 0.677. The average molecular weight is 218 g/mol. The van der Waals surface area contributed by atoms with E-state index in [4.69, 9.17) is 0 Å². The molecule has 0 fully saturated rings. The molecule has 1 aliphatic rings. The first-order valence-electron chi connectivity index (χ1n) is 5.67. The molecular formula is C14H18S. The monoisotopic (exact) mass is 218 g/mol. The van der Waals surface area contributed by atoms with Crippen molar-refractivity contribution in [1.82, 2.24) is 0 Å². The van der Waals surface area contributed by atoms with E-state index < -0.39 is 0 Å². The molecule has 0 amide bonds. The smallest absolute Gasteiger partial charge is 0.0152 e. The van der Waals surface area contributed by atoms with Gasteiger partial charge in [-0.1, -0.05) is 42.8 Å². The Bertz CT molecular complexity index is 351. The Morgan fingerprint density at radius 1 is 1.27 bits per heavy atom. The first-order valence-corrected chi connectivity index (χ1v) is 6.90. The van der Waals surface area contributed by atoms with E-state index >= 15 is 0 Å².